The number of ether oxygens (including phenoxy) is 1. The van der Waals surface area contributed by atoms with Gasteiger partial charge in [-0.15, -0.1) is 0 Å². The van der Waals surface area contributed by atoms with Gasteiger partial charge in [0.15, 0.2) is 0 Å². The van der Waals surface area contributed by atoms with Gasteiger partial charge in [0.1, 0.15) is 4.90 Å². The number of rotatable bonds is 4. The number of nitrogens with zero attached hydrogens (tertiary/aromatic N) is 1. The lowest BCUT2D eigenvalue weighted by molar-refractivity contribution is 0.113. The molecule has 1 heterocycles. The molecule has 1 aromatic rings. The number of hydrogen-bond donors (Lipinski definition) is 0. The van der Waals surface area contributed by atoms with Gasteiger partial charge in [-0.1, -0.05) is 6.92 Å². The smallest absolute Gasteiger partial charge is 0.262 e. The Balaban J connectivity index is 1.94. The zero-order valence-electron chi connectivity index (χ0n) is 9.47. The predicted octanol–water partition coefficient (Wildman–Crippen LogP) is 2.43. The molecular formula is C11H14ClNO3S. The Kier molecular flexibility index (Phi) is 3.58. The molecule has 2 atom stereocenters. The highest BCUT2D eigenvalue weighted by Gasteiger charge is 2.27. The van der Waals surface area contributed by atoms with Crippen LogP contribution in [0.5, 0.6) is 5.88 Å². The Hall–Kier alpha value is -0.810. The standard InChI is InChI=1S/C11H14ClNO3S/c1-8-2-3-9(8)7-16-11-5-4-10(6-13-11)17(12,14)15/h4-6,8-9H,2-3,7H2,1H3/t8-,9-/m0/s1. The van der Waals surface area contributed by atoms with E-state index in [-0.39, 0.29) is 4.90 Å². The SMILES string of the molecule is C[C@H]1CC[C@H]1COc1ccc(S(=O)(=O)Cl)cn1. The Morgan fingerprint density at radius 1 is 1.47 bits per heavy atom. The lowest BCUT2D eigenvalue weighted by atomic mass is 9.75. The highest BCUT2D eigenvalue weighted by Crippen LogP contribution is 2.33. The summed E-state index contributed by atoms with van der Waals surface area (Å²) in [6.07, 6.45) is 3.65. The summed E-state index contributed by atoms with van der Waals surface area (Å²) in [6.45, 7) is 2.84. The molecule has 1 saturated carbocycles. The third kappa shape index (κ3) is 3.10. The monoisotopic (exact) mass is 275 g/mol. The lowest BCUT2D eigenvalue weighted by Gasteiger charge is -2.33. The lowest BCUT2D eigenvalue weighted by Crippen LogP contribution is -2.28. The van der Waals surface area contributed by atoms with Crippen LogP contribution in [-0.4, -0.2) is 20.0 Å². The highest BCUT2D eigenvalue weighted by atomic mass is 35.7. The van der Waals surface area contributed by atoms with Crippen molar-refractivity contribution in [2.75, 3.05) is 6.61 Å². The Morgan fingerprint density at radius 2 is 2.24 bits per heavy atom. The summed E-state index contributed by atoms with van der Waals surface area (Å²) in [6, 6.07) is 2.92. The summed E-state index contributed by atoms with van der Waals surface area (Å²) in [7, 11) is 1.48. The first kappa shape index (κ1) is 12.6. The molecule has 4 nitrogen and oxygen atoms in total. The number of pyridine rings is 1. The van der Waals surface area contributed by atoms with E-state index in [0.29, 0.717) is 24.3 Å². The molecule has 2 rings (SSSR count). The van der Waals surface area contributed by atoms with E-state index in [1.807, 2.05) is 0 Å². The molecule has 1 aromatic heterocycles. The Bertz CT molecular complexity index is 486. The van der Waals surface area contributed by atoms with Crippen LogP contribution in [0.3, 0.4) is 0 Å². The van der Waals surface area contributed by atoms with Crippen molar-refractivity contribution in [1.82, 2.24) is 4.98 Å². The van der Waals surface area contributed by atoms with Gasteiger partial charge in [0, 0.05) is 16.7 Å². The molecule has 0 aromatic carbocycles. The first-order chi connectivity index (χ1) is 7.97. The first-order valence-electron chi connectivity index (χ1n) is 5.50. The molecule has 94 valence electrons. The van der Waals surface area contributed by atoms with Crippen LogP contribution in [0.4, 0.5) is 0 Å². The maximum atomic E-state index is 11.0. The van der Waals surface area contributed by atoms with Gasteiger partial charge in [-0.3, -0.25) is 0 Å². The third-order valence-electron chi connectivity index (χ3n) is 3.23. The Labute approximate surface area is 105 Å². The molecule has 0 aliphatic heterocycles. The fourth-order valence-corrected chi connectivity index (χ4v) is 2.46. The molecule has 0 unspecified atom stereocenters. The van der Waals surface area contributed by atoms with Crippen molar-refractivity contribution in [1.29, 1.82) is 0 Å². The summed E-state index contributed by atoms with van der Waals surface area (Å²) in [4.78, 5) is 3.90. The maximum Gasteiger partial charge on any atom is 0.262 e. The maximum absolute atomic E-state index is 11.0. The van der Waals surface area contributed by atoms with Crippen molar-refractivity contribution in [3.05, 3.63) is 18.3 Å². The predicted molar refractivity (Wildman–Crippen MR) is 64.7 cm³/mol. The van der Waals surface area contributed by atoms with Crippen molar-refractivity contribution in [3.63, 3.8) is 0 Å². The van der Waals surface area contributed by atoms with Crippen LogP contribution >= 0.6 is 10.7 Å². The minimum Gasteiger partial charge on any atom is -0.477 e. The van der Waals surface area contributed by atoms with Gasteiger partial charge in [0.05, 0.1) is 12.8 Å². The molecule has 0 spiro atoms. The summed E-state index contributed by atoms with van der Waals surface area (Å²) in [5.41, 5.74) is 0. The quantitative estimate of drug-likeness (QED) is 0.792. The van der Waals surface area contributed by atoms with Crippen LogP contribution in [0.15, 0.2) is 23.2 Å². The fourth-order valence-electron chi connectivity index (χ4n) is 1.77. The largest absolute Gasteiger partial charge is 0.477 e. The van der Waals surface area contributed by atoms with E-state index in [9.17, 15) is 8.42 Å². The van der Waals surface area contributed by atoms with E-state index in [4.69, 9.17) is 15.4 Å². The second kappa shape index (κ2) is 4.82. The Morgan fingerprint density at radius 3 is 2.65 bits per heavy atom. The second-order valence-electron chi connectivity index (χ2n) is 4.40. The third-order valence-corrected chi connectivity index (χ3v) is 4.57. The van der Waals surface area contributed by atoms with Crippen LogP contribution in [0.1, 0.15) is 19.8 Å². The number of halogens is 1. The van der Waals surface area contributed by atoms with Crippen molar-refractivity contribution in [2.24, 2.45) is 11.8 Å². The van der Waals surface area contributed by atoms with Gasteiger partial charge < -0.3 is 4.74 Å². The number of aromatic nitrogens is 1. The van der Waals surface area contributed by atoms with E-state index in [2.05, 4.69) is 11.9 Å². The average molecular weight is 276 g/mol. The minimum atomic E-state index is -3.70. The van der Waals surface area contributed by atoms with E-state index in [1.165, 1.54) is 31.2 Å². The normalized spacial score (nSPS) is 24.1. The fraction of sp³-hybridized carbons (Fsp3) is 0.545. The van der Waals surface area contributed by atoms with Gasteiger partial charge in [-0.25, -0.2) is 13.4 Å². The molecule has 0 bridgehead atoms. The molecule has 0 radical (unpaired) electrons. The van der Waals surface area contributed by atoms with Crippen molar-refractivity contribution in [3.8, 4) is 5.88 Å². The van der Waals surface area contributed by atoms with Gasteiger partial charge in [-0.05, 0) is 30.7 Å². The summed E-state index contributed by atoms with van der Waals surface area (Å²) >= 11 is 0. The molecule has 0 saturated heterocycles. The van der Waals surface area contributed by atoms with E-state index < -0.39 is 9.05 Å². The van der Waals surface area contributed by atoms with Crippen molar-refractivity contribution < 1.29 is 13.2 Å². The summed E-state index contributed by atoms with van der Waals surface area (Å²) < 4.78 is 27.5. The molecule has 17 heavy (non-hydrogen) atoms. The average Bonchev–Trinajstić information content (AvgIpc) is 2.27. The summed E-state index contributed by atoms with van der Waals surface area (Å²) in [5.74, 6) is 1.74. The minimum absolute atomic E-state index is 0.0106. The molecule has 0 amide bonds. The van der Waals surface area contributed by atoms with Crippen molar-refractivity contribution >= 4 is 19.7 Å². The molecule has 6 heteroatoms. The molecule has 1 aliphatic carbocycles. The van der Waals surface area contributed by atoms with Crippen LogP contribution in [-0.2, 0) is 9.05 Å². The molecule has 0 N–H and O–H groups in total. The van der Waals surface area contributed by atoms with Gasteiger partial charge >= 0.3 is 0 Å². The van der Waals surface area contributed by atoms with E-state index in [1.54, 1.807) is 0 Å². The zero-order valence-corrected chi connectivity index (χ0v) is 11.0. The number of hydrogen-bond acceptors (Lipinski definition) is 4. The van der Waals surface area contributed by atoms with Crippen LogP contribution in [0, 0.1) is 11.8 Å². The molecule has 1 aliphatic rings. The van der Waals surface area contributed by atoms with Gasteiger partial charge in [-0.2, -0.15) is 0 Å². The first-order valence-corrected chi connectivity index (χ1v) is 7.81. The van der Waals surface area contributed by atoms with E-state index in [0.717, 1.165) is 0 Å². The zero-order chi connectivity index (χ0) is 12.5. The summed E-state index contributed by atoms with van der Waals surface area (Å²) in [5, 5.41) is 0. The highest BCUT2D eigenvalue weighted by molar-refractivity contribution is 8.13. The van der Waals surface area contributed by atoms with Crippen molar-refractivity contribution in [2.45, 2.75) is 24.7 Å². The molecular weight excluding hydrogens is 262 g/mol. The second-order valence-corrected chi connectivity index (χ2v) is 6.96. The van der Waals surface area contributed by atoms with Crippen LogP contribution in [0.2, 0.25) is 0 Å². The topological polar surface area (TPSA) is 56.3 Å². The van der Waals surface area contributed by atoms with Gasteiger partial charge in [0.25, 0.3) is 9.05 Å². The molecule has 1 fully saturated rings. The van der Waals surface area contributed by atoms with Gasteiger partial charge in [0.2, 0.25) is 5.88 Å². The van der Waals surface area contributed by atoms with E-state index >= 15 is 0 Å². The van der Waals surface area contributed by atoms with Crippen LogP contribution in [0.25, 0.3) is 0 Å². The van der Waals surface area contributed by atoms with Crippen LogP contribution < -0.4 is 4.74 Å².